The summed E-state index contributed by atoms with van der Waals surface area (Å²) < 4.78 is 10.5. The van der Waals surface area contributed by atoms with Crippen LogP contribution in [0.15, 0.2) is 30.9 Å². The Morgan fingerprint density at radius 1 is 1.44 bits per heavy atom. The standard InChI is InChI=1S/C14H18N2O2/c1-3-4-8-18-9-7-16-14-10-13(17-2)6-5-12(14)11-15/h3,5-6,10,16H,1,4,7-9H2,2H3. The molecule has 0 atom stereocenters. The van der Waals surface area contributed by atoms with Crippen molar-refractivity contribution in [2.45, 2.75) is 6.42 Å². The fourth-order valence-electron chi connectivity index (χ4n) is 1.42. The number of hydrogen-bond acceptors (Lipinski definition) is 4. The van der Waals surface area contributed by atoms with Crippen LogP contribution in [0, 0.1) is 11.3 Å². The van der Waals surface area contributed by atoms with Gasteiger partial charge in [0.05, 0.1) is 31.6 Å². The third kappa shape index (κ3) is 4.48. The highest BCUT2D eigenvalue weighted by Gasteiger charge is 2.03. The molecule has 4 nitrogen and oxygen atoms in total. The minimum absolute atomic E-state index is 0.593. The topological polar surface area (TPSA) is 54.3 Å². The van der Waals surface area contributed by atoms with E-state index in [1.807, 2.05) is 12.1 Å². The van der Waals surface area contributed by atoms with Crippen LogP contribution in [0.2, 0.25) is 0 Å². The lowest BCUT2D eigenvalue weighted by molar-refractivity contribution is 0.149. The molecule has 0 amide bonds. The van der Waals surface area contributed by atoms with Gasteiger partial charge in [-0.25, -0.2) is 0 Å². The maximum atomic E-state index is 8.98. The second-order valence-electron chi connectivity index (χ2n) is 3.64. The molecule has 0 saturated carbocycles. The van der Waals surface area contributed by atoms with Crippen LogP contribution in [0.4, 0.5) is 5.69 Å². The highest BCUT2D eigenvalue weighted by molar-refractivity contribution is 5.60. The number of benzene rings is 1. The van der Waals surface area contributed by atoms with Crippen molar-refractivity contribution in [1.29, 1.82) is 5.26 Å². The molecule has 0 fully saturated rings. The van der Waals surface area contributed by atoms with E-state index in [1.165, 1.54) is 0 Å². The zero-order valence-electron chi connectivity index (χ0n) is 10.6. The normalized spacial score (nSPS) is 9.56. The Bertz CT molecular complexity index is 424. The molecule has 96 valence electrons. The molecule has 0 bridgehead atoms. The van der Waals surface area contributed by atoms with Crippen molar-refractivity contribution >= 4 is 5.69 Å². The Labute approximate surface area is 108 Å². The van der Waals surface area contributed by atoms with Crippen LogP contribution in [0.1, 0.15) is 12.0 Å². The zero-order chi connectivity index (χ0) is 13.2. The minimum Gasteiger partial charge on any atom is -0.497 e. The molecule has 18 heavy (non-hydrogen) atoms. The van der Waals surface area contributed by atoms with Crippen molar-refractivity contribution in [2.75, 3.05) is 32.2 Å². The second kappa shape index (κ2) is 8.15. The fourth-order valence-corrected chi connectivity index (χ4v) is 1.42. The van der Waals surface area contributed by atoms with Gasteiger partial charge in [0.25, 0.3) is 0 Å². The first-order valence-corrected chi connectivity index (χ1v) is 5.82. The van der Waals surface area contributed by atoms with E-state index in [0.717, 1.165) is 17.9 Å². The van der Waals surface area contributed by atoms with Gasteiger partial charge in [-0.05, 0) is 18.6 Å². The molecule has 1 aromatic carbocycles. The molecule has 0 heterocycles. The van der Waals surface area contributed by atoms with E-state index in [1.54, 1.807) is 19.2 Å². The van der Waals surface area contributed by atoms with Crippen LogP contribution in [-0.2, 0) is 4.74 Å². The molecule has 0 aliphatic carbocycles. The van der Waals surface area contributed by atoms with E-state index in [0.29, 0.717) is 25.3 Å². The number of hydrogen-bond donors (Lipinski definition) is 1. The Morgan fingerprint density at radius 2 is 2.28 bits per heavy atom. The highest BCUT2D eigenvalue weighted by atomic mass is 16.5. The molecule has 0 aliphatic heterocycles. The molecule has 0 spiro atoms. The van der Waals surface area contributed by atoms with Crippen molar-refractivity contribution in [2.24, 2.45) is 0 Å². The van der Waals surface area contributed by atoms with Gasteiger partial charge >= 0.3 is 0 Å². The lowest BCUT2D eigenvalue weighted by Crippen LogP contribution is -2.10. The summed E-state index contributed by atoms with van der Waals surface area (Å²) in [5, 5.41) is 12.1. The summed E-state index contributed by atoms with van der Waals surface area (Å²) in [6, 6.07) is 7.45. The summed E-state index contributed by atoms with van der Waals surface area (Å²) in [4.78, 5) is 0. The third-order valence-electron chi connectivity index (χ3n) is 2.38. The van der Waals surface area contributed by atoms with Gasteiger partial charge in [0, 0.05) is 12.6 Å². The number of nitrogens with one attached hydrogen (secondary N) is 1. The van der Waals surface area contributed by atoms with E-state index < -0.39 is 0 Å². The van der Waals surface area contributed by atoms with E-state index in [2.05, 4.69) is 18.0 Å². The van der Waals surface area contributed by atoms with Gasteiger partial charge in [0.15, 0.2) is 0 Å². The molecule has 1 rings (SSSR count). The van der Waals surface area contributed by atoms with Crippen LogP contribution in [0.25, 0.3) is 0 Å². The van der Waals surface area contributed by atoms with Gasteiger partial charge < -0.3 is 14.8 Å². The molecule has 1 aromatic rings. The van der Waals surface area contributed by atoms with Gasteiger partial charge in [-0.2, -0.15) is 5.26 Å². The summed E-state index contributed by atoms with van der Waals surface area (Å²) >= 11 is 0. The SMILES string of the molecule is C=CCCOCCNc1cc(OC)ccc1C#N. The Kier molecular flexibility index (Phi) is 6.37. The first-order valence-electron chi connectivity index (χ1n) is 5.82. The number of rotatable bonds is 8. The number of nitrogens with zero attached hydrogens (tertiary/aromatic N) is 1. The highest BCUT2D eigenvalue weighted by Crippen LogP contribution is 2.21. The monoisotopic (exact) mass is 246 g/mol. The van der Waals surface area contributed by atoms with Crippen molar-refractivity contribution in [3.8, 4) is 11.8 Å². The van der Waals surface area contributed by atoms with Crippen molar-refractivity contribution in [3.05, 3.63) is 36.4 Å². The van der Waals surface area contributed by atoms with Crippen LogP contribution < -0.4 is 10.1 Å². The maximum Gasteiger partial charge on any atom is 0.121 e. The first kappa shape index (κ1) is 14.1. The van der Waals surface area contributed by atoms with E-state index in [-0.39, 0.29) is 0 Å². The van der Waals surface area contributed by atoms with Crippen molar-refractivity contribution in [3.63, 3.8) is 0 Å². The summed E-state index contributed by atoms with van der Waals surface area (Å²) in [5.41, 5.74) is 1.37. The molecule has 0 aliphatic rings. The smallest absolute Gasteiger partial charge is 0.121 e. The predicted molar refractivity (Wildman–Crippen MR) is 71.8 cm³/mol. The van der Waals surface area contributed by atoms with E-state index >= 15 is 0 Å². The molecule has 0 aromatic heterocycles. The number of nitriles is 1. The summed E-state index contributed by atoms with van der Waals surface area (Å²) in [6.45, 7) is 5.54. The first-order chi connectivity index (χ1) is 8.81. The van der Waals surface area contributed by atoms with E-state index in [9.17, 15) is 0 Å². The average molecular weight is 246 g/mol. The number of anilines is 1. The molecule has 0 saturated heterocycles. The number of ether oxygens (including phenoxy) is 2. The fraction of sp³-hybridized carbons (Fsp3) is 0.357. The third-order valence-corrected chi connectivity index (χ3v) is 2.38. The average Bonchev–Trinajstić information content (AvgIpc) is 2.42. The maximum absolute atomic E-state index is 8.98. The Balaban J connectivity index is 2.45. The lowest BCUT2D eigenvalue weighted by atomic mass is 10.2. The lowest BCUT2D eigenvalue weighted by Gasteiger charge is -2.10. The molecule has 0 unspecified atom stereocenters. The number of methoxy groups -OCH3 is 1. The largest absolute Gasteiger partial charge is 0.497 e. The predicted octanol–water partition coefficient (Wildman–Crippen LogP) is 2.57. The molecule has 4 heteroatoms. The summed E-state index contributed by atoms with van der Waals surface area (Å²) in [7, 11) is 1.60. The van der Waals surface area contributed by atoms with Gasteiger partial charge in [-0.1, -0.05) is 6.08 Å². The Morgan fingerprint density at radius 3 is 2.94 bits per heavy atom. The van der Waals surface area contributed by atoms with Gasteiger partial charge in [-0.3, -0.25) is 0 Å². The van der Waals surface area contributed by atoms with Gasteiger partial charge in [0.2, 0.25) is 0 Å². The van der Waals surface area contributed by atoms with Gasteiger partial charge in [0.1, 0.15) is 11.8 Å². The zero-order valence-corrected chi connectivity index (χ0v) is 10.6. The van der Waals surface area contributed by atoms with Crippen LogP contribution in [0.3, 0.4) is 0 Å². The molecule has 1 N–H and O–H groups in total. The summed E-state index contributed by atoms with van der Waals surface area (Å²) in [5.74, 6) is 0.726. The minimum atomic E-state index is 0.593. The quantitative estimate of drug-likeness (QED) is 0.566. The molecular formula is C14H18N2O2. The van der Waals surface area contributed by atoms with Crippen LogP contribution in [0.5, 0.6) is 5.75 Å². The van der Waals surface area contributed by atoms with Gasteiger partial charge in [-0.15, -0.1) is 6.58 Å². The van der Waals surface area contributed by atoms with Crippen LogP contribution >= 0.6 is 0 Å². The molecular weight excluding hydrogens is 228 g/mol. The molecule has 0 radical (unpaired) electrons. The van der Waals surface area contributed by atoms with Crippen molar-refractivity contribution in [1.82, 2.24) is 0 Å². The van der Waals surface area contributed by atoms with Crippen molar-refractivity contribution < 1.29 is 9.47 Å². The van der Waals surface area contributed by atoms with E-state index in [4.69, 9.17) is 14.7 Å². The Hall–Kier alpha value is -1.99. The summed E-state index contributed by atoms with van der Waals surface area (Å²) in [6.07, 6.45) is 2.67. The van der Waals surface area contributed by atoms with Crippen LogP contribution in [-0.4, -0.2) is 26.9 Å². The second-order valence-corrected chi connectivity index (χ2v) is 3.64.